The zero-order chi connectivity index (χ0) is 22.8. The average Bonchev–Trinajstić information content (AvgIpc) is 3.30. The Morgan fingerprint density at radius 3 is 2.48 bits per heavy atom. The van der Waals surface area contributed by atoms with Crippen LogP contribution in [0.15, 0.2) is 84.9 Å². The number of rotatable bonds is 6. The monoisotopic (exact) mass is 453 g/mol. The van der Waals surface area contributed by atoms with Crippen molar-refractivity contribution in [1.29, 1.82) is 0 Å². The van der Waals surface area contributed by atoms with E-state index in [9.17, 15) is 9.59 Å². The predicted octanol–water partition coefficient (Wildman–Crippen LogP) is 6.16. The lowest BCUT2D eigenvalue weighted by Gasteiger charge is -2.08. The number of ketones is 1. The Morgan fingerprint density at radius 2 is 1.64 bits per heavy atom. The Labute approximate surface area is 194 Å². The van der Waals surface area contributed by atoms with Crippen molar-refractivity contribution in [2.75, 3.05) is 13.7 Å². The van der Waals surface area contributed by atoms with Crippen LogP contribution in [0.4, 0.5) is 0 Å². The summed E-state index contributed by atoms with van der Waals surface area (Å²) in [6.07, 6.45) is 0. The molecule has 0 spiro atoms. The van der Waals surface area contributed by atoms with Gasteiger partial charge in [0.2, 0.25) is 0 Å². The van der Waals surface area contributed by atoms with Crippen LogP contribution in [0.3, 0.4) is 0 Å². The predicted molar refractivity (Wildman–Crippen MR) is 130 cm³/mol. The van der Waals surface area contributed by atoms with Gasteiger partial charge in [0.15, 0.2) is 12.4 Å². The number of nitrogens with zero attached hydrogens (tertiary/aromatic N) is 1. The van der Waals surface area contributed by atoms with Crippen LogP contribution in [0, 0.1) is 0 Å². The summed E-state index contributed by atoms with van der Waals surface area (Å²) in [6, 6.07) is 26.0. The highest BCUT2D eigenvalue weighted by Crippen LogP contribution is 2.32. The minimum absolute atomic E-state index is 0.265. The van der Waals surface area contributed by atoms with Crippen molar-refractivity contribution in [3.63, 3.8) is 0 Å². The topological polar surface area (TPSA) is 65.5 Å². The second-order valence-corrected chi connectivity index (χ2v) is 8.49. The second kappa shape index (κ2) is 8.84. The van der Waals surface area contributed by atoms with Crippen molar-refractivity contribution in [3.05, 3.63) is 96.1 Å². The molecule has 6 heteroatoms. The zero-order valence-electron chi connectivity index (χ0n) is 17.8. The van der Waals surface area contributed by atoms with Gasteiger partial charge in [-0.25, -0.2) is 9.78 Å². The SMILES string of the molecule is COc1ccc2cc(C(=O)COC(=O)c3ccccc3-c3nc4ccccc4s3)ccc2c1. The van der Waals surface area contributed by atoms with Crippen LogP contribution in [0.1, 0.15) is 20.7 Å². The summed E-state index contributed by atoms with van der Waals surface area (Å²) in [7, 11) is 1.61. The van der Waals surface area contributed by atoms with Gasteiger partial charge in [-0.15, -0.1) is 11.3 Å². The van der Waals surface area contributed by atoms with Crippen molar-refractivity contribution < 1.29 is 19.1 Å². The number of carbonyl (C=O) groups is 2. The van der Waals surface area contributed by atoms with E-state index in [2.05, 4.69) is 4.98 Å². The van der Waals surface area contributed by atoms with Gasteiger partial charge in [0.05, 0.1) is 22.9 Å². The zero-order valence-corrected chi connectivity index (χ0v) is 18.6. The first-order chi connectivity index (χ1) is 16.1. The number of ether oxygens (including phenoxy) is 2. The number of hydrogen-bond donors (Lipinski definition) is 0. The summed E-state index contributed by atoms with van der Waals surface area (Å²) < 4.78 is 11.7. The number of benzene rings is 4. The van der Waals surface area contributed by atoms with E-state index in [1.165, 1.54) is 11.3 Å². The third-order valence-electron chi connectivity index (χ3n) is 5.38. The van der Waals surface area contributed by atoms with Crippen LogP contribution in [0.2, 0.25) is 0 Å². The highest BCUT2D eigenvalue weighted by Gasteiger charge is 2.18. The molecule has 0 saturated carbocycles. The summed E-state index contributed by atoms with van der Waals surface area (Å²) in [4.78, 5) is 30.2. The smallest absolute Gasteiger partial charge is 0.339 e. The van der Waals surface area contributed by atoms with E-state index < -0.39 is 5.97 Å². The van der Waals surface area contributed by atoms with Gasteiger partial charge in [0.1, 0.15) is 10.8 Å². The quantitative estimate of drug-likeness (QED) is 0.227. The molecular weight excluding hydrogens is 434 g/mol. The van der Waals surface area contributed by atoms with Gasteiger partial charge in [-0.3, -0.25) is 4.79 Å². The Kier molecular flexibility index (Phi) is 5.59. The van der Waals surface area contributed by atoms with Crippen LogP contribution >= 0.6 is 11.3 Å². The number of Topliss-reactive ketones (excluding diaryl/α,β-unsaturated/α-hetero) is 1. The van der Waals surface area contributed by atoms with Gasteiger partial charge in [0, 0.05) is 11.1 Å². The summed E-state index contributed by atoms with van der Waals surface area (Å²) in [5, 5.41) is 2.61. The molecule has 0 atom stereocenters. The summed E-state index contributed by atoms with van der Waals surface area (Å²) in [5.41, 5.74) is 2.44. The molecular formula is C27H19NO4S. The fraction of sp³-hybridized carbons (Fsp3) is 0.0741. The first kappa shape index (κ1) is 20.8. The third kappa shape index (κ3) is 4.21. The lowest BCUT2D eigenvalue weighted by molar-refractivity contribution is 0.0475. The number of thiazole rings is 1. The molecule has 0 unspecified atom stereocenters. The third-order valence-corrected chi connectivity index (χ3v) is 6.44. The lowest BCUT2D eigenvalue weighted by atomic mass is 10.0. The largest absolute Gasteiger partial charge is 0.497 e. The van der Waals surface area contributed by atoms with E-state index in [1.54, 1.807) is 31.4 Å². The average molecular weight is 454 g/mol. The maximum atomic E-state index is 12.9. The van der Waals surface area contributed by atoms with Crippen LogP contribution in [-0.2, 0) is 4.74 Å². The maximum Gasteiger partial charge on any atom is 0.339 e. The molecule has 0 bridgehead atoms. The molecule has 0 aliphatic carbocycles. The van der Waals surface area contributed by atoms with Gasteiger partial charge in [0.25, 0.3) is 0 Å². The molecule has 0 radical (unpaired) electrons. The molecule has 0 fully saturated rings. The van der Waals surface area contributed by atoms with Crippen LogP contribution in [0.5, 0.6) is 5.75 Å². The molecule has 0 saturated heterocycles. The molecule has 33 heavy (non-hydrogen) atoms. The minimum Gasteiger partial charge on any atom is -0.497 e. The summed E-state index contributed by atoms with van der Waals surface area (Å²) in [5.74, 6) is -0.0652. The summed E-state index contributed by atoms with van der Waals surface area (Å²) in [6.45, 7) is -0.339. The molecule has 4 aromatic carbocycles. The molecule has 5 rings (SSSR count). The van der Waals surface area contributed by atoms with E-state index in [1.807, 2.05) is 60.7 Å². The number of aromatic nitrogens is 1. The van der Waals surface area contributed by atoms with E-state index in [4.69, 9.17) is 9.47 Å². The second-order valence-electron chi connectivity index (χ2n) is 7.46. The van der Waals surface area contributed by atoms with Crippen LogP contribution in [-0.4, -0.2) is 30.5 Å². The van der Waals surface area contributed by atoms with Gasteiger partial charge in [-0.1, -0.05) is 48.5 Å². The minimum atomic E-state index is -0.552. The Bertz CT molecular complexity index is 1470. The van der Waals surface area contributed by atoms with Crippen molar-refractivity contribution >= 4 is 44.1 Å². The molecule has 0 N–H and O–H groups in total. The van der Waals surface area contributed by atoms with Crippen molar-refractivity contribution in [1.82, 2.24) is 4.98 Å². The fourth-order valence-electron chi connectivity index (χ4n) is 3.65. The number of fused-ring (bicyclic) bond motifs is 2. The van der Waals surface area contributed by atoms with Gasteiger partial charge < -0.3 is 9.47 Å². The van der Waals surface area contributed by atoms with E-state index in [-0.39, 0.29) is 12.4 Å². The van der Waals surface area contributed by atoms with Gasteiger partial charge >= 0.3 is 5.97 Å². The fourth-order valence-corrected chi connectivity index (χ4v) is 4.66. The molecule has 1 heterocycles. The van der Waals surface area contributed by atoms with E-state index in [0.717, 1.165) is 31.7 Å². The number of hydrogen-bond acceptors (Lipinski definition) is 6. The normalized spacial score (nSPS) is 10.9. The van der Waals surface area contributed by atoms with Crippen molar-refractivity contribution in [2.45, 2.75) is 0 Å². The summed E-state index contributed by atoms with van der Waals surface area (Å²) >= 11 is 1.51. The van der Waals surface area contributed by atoms with Gasteiger partial charge in [-0.2, -0.15) is 0 Å². The lowest BCUT2D eigenvalue weighted by Crippen LogP contribution is -2.15. The highest BCUT2D eigenvalue weighted by atomic mass is 32.1. The number of carbonyl (C=O) groups excluding carboxylic acids is 2. The number of para-hydroxylation sites is 1. The number of esters is 1. The highest BCUT2D eigenvalue weighted by molar-refractivity contribution is 7.21. The molecule has 1 aromatic heterocycles. The Balaban J connectivity index is 1.34. The Hall–Kier alpha value is -4.03. The molecule has 0 aliphatic heterocycles. The molecule has 162 valence electrons. The van der Waals surface area contributed by atoms with Crippen molar-refractivity contribution in [2.24, 2.45) is 0 Å². The van der Waals surface area contributed by atoms with Crippen LogP contribution in [0.25, 0.3) is 31.6 Å². The number of methoxy groups -OCH3 is 1. The molecule has 0 aliphatic rings. The maximum absolute atomic E-state index is 12.9. The molecule has 5 nitrogen and oxygen atoms in total. The Morgan fingerprint density at radius 1 is 0.879 bits per heavy atom. The van der Waals surface area contributed by atoms with Crippen molar-refractivity contribution in [3.8, 4) is 16.3 Å². The van der Waals surface area contributed by atoms with Gasteiger partial charge in [-0.05, 0) is 47.2 Å². The van der Waals surface area contributed by atoms with E-state index >= 15 is 0 Å². The van der Waals surface area contributed by atoms with Crippen LogP contribution < -0.4 is 4.74 Å². The van der Waals surface area contributed by atoms with E-state index in [0.29, 0.717) is 16.7 Å². The first-order valence-corrected chi connectivity index (χ1v) is 11.2. The first-order valence-electron chi connectivity index (χ1n) is 10.4. The molecule has 0 amide bonds. The standard InChI is InChI=1S/C27H19NO4S/c1-31-20-13-12-17-14-19(11-10-18(17)15-20)24(29)16-32-27(30)22-7-3-2-6-21(22)26-28-23-8-4-5-9-25(23)33-26/h2-15H,16H2,1H3. The molecule has 5 aromatic rings.